The molecule has 0 bridgehead atoms. The van der Waals surface area contributed by atoms with Gasteiger partial charge in [-0.25, -0.2) is 9.97 Å². The lowest BCUT2D eigenvalue weighted by molar-refractivity contribution is 1.15. The lowest BCUT2D eigenvalue weighted by Gasteiger charge is -1.93. The largest absolute Gasteiger partial charge is 0.313 e. The van der Waals surface area contributed by atoms with Crippen LogP contribution in [0.4, 0.5) is 0 Å². The molecule has 2 rings (SSSR count). The van der Waals surface area contributed by atoms with E-state index in [4.69, 9.17) is 0 Å². The molecule has 0 aliphatic rings. The van der Waals surface area contributed by atoms with E-state index in [0.29, 0.717) is 15.5 Å². The van der Waals surface area contributed by atoms with Gasteiger partial charge in [-0.1, -0.05) is 0 Å². The van der Waals surface area contributed by atoms with Gasteiger partial charge in [-0.2, -0.15) is 0 Å². The zero-order chi connectivity index (χ0) is 8.55. The molecule has 0 amide bonds. The molecule has 0 unspecified atom stereocenters. The molecule has 4 nitrogen and oxygen atoms in total. The number of aromatic nitrogens is 3. The zero-order valence-electron chi connectivity index (χ0n) is 5.91. The molecular formula is C7H4BrN3O. The number of nitrogens with zero attached hydrogens (tertiary/aromatic N) is 2. The third kappa shape index (κ3) is 1.12. The van der Waals surface area contributed by atoms with Crippen molar-refractivity contribution in [2.24, 2.45) is 0 Å². The summed E-state index contributed by atoms with van der Waals surface area (Å²) >= 11 is 3.17. The van der Waals surface area contributed by atoms with E-state index < -0.39 is 0 Å². The number of pyridine rings is 1. The number of hydrogen-bond donors (Lipinski definition) is 1. The highest BCUT2D eigenvalue weighted by Crippen LogP contribution is 2.10. The SMILES string of the molecule is O=c1[nH]cnc2cnc(Br)cc12. The van der Waals surface area contributed by atoms with Crippen LogP contribution in [-0.2, 0) is 0 Å². The smallest absolute Gasteiger partial charge is 0.258 e. The summed E-state index contributed by atoms with van der Waals surface area (Å²) in [4.78, 5) is 21.6. The lowest BCUT2D eigenvalue weighted by atomic mass is 10.3. The molecule has 2 aromatic rings. The van der Waals surface area contributed by atoms with Crippen LogP contribution in [0.1, 0.15) is 0 Å². The fourth-order valence-corrected chi connectivity index (χ4v) is 1.28. The van der Waals surface area contributed by atoms with Gasteiger partial charge in [0.05, 0.1) is 23.4 Å². The van der Waals surface area contributed by atoms with Gasteiger partial charge in [0, 0.05) is 0 Å². The molecule has 0 saturated carbocycles. The number of fused-ring (bicyclic) bond motifs is 1. The molecule has 0 spiro atoms. The lowest BCUT2D eigenvalue weighted by Crippen LogP contribution is -2.06. The van der Waals surface area contributed by atoms with E-state index in [1.165, 1.54) is 6.33 Å². The minimum absolute atomic E-state index is 0.150. The molecule has 0 saturated heterocycles. The van der Waals surface area contributed by atoms with Crippen molar-refractivity contribution < 1.29 is 0 Å². The van der Waals surface area contributed by atoms with Crippen molar-refractivity contribution >= 4 is 26.8 Å². The Kier molecular flexibility index (Phi) is 1.65. The van der Waals surface area contributed by atoms with Gasteiger partial charge >= 0.3 is 0 Å². The Morgan fingerprint density at radius 2 is 2.25 bits per heavy atom. The molecular weight excluding hydrogens is 222 g/mol. The predicted octanol–water partition coefficient (Wildman–Crippen LogP) is 1.08. The minimum Gasteiger partial charge on any atom is -0.313 e. The third-order valence-corrected chi connectivity index (χ3v) is 1.93. The minimum atomic E-state index is -0.150. The molecule has 0 fully saturated rings. The van der Waals surface area contributed by atoms with Crippen molar-refractivity contribution in [1.82, 2.24) is 15.0 Å². The molecule has 60 valence electrons. The van der Waals surface area contributed by atoms with Crippen LogP contribution >= 0.6 is 15.9 Å². The number of H-pyrrole nitrogens is 1. The van der Waals surface area contributed by atoms with Crippen LogP contribution in [0.2, 0.25) is 0 Å². The Bertz CT molecular complexity index is 479. The Balaban J connectivity index is 2.98. The first-order valence-electron chi connectivity index (χ1n) is 3.26. The van der Waals surface area contributed by atoms with Crippen LogP contribution in [-0.4, -0.2) is 15.0 Å². The van der Waals surface area contributed by atoms with Crippen LogP contribution < -0.4 is 5.56 Å². The summed E-state index contributed by atoms with van der Waals surface area (Å²) in [6, 6.07) is 1.64. The van der Waals surface area contributed by atoms with Crippen molar-refractivity contribution in [3.8, 4) is 0 Å². The monoisotopic (exact) mass is 225 g/mol. The van der Waals surface area contributed by atoms with E-state index in [9.17, 15) is 4.79 Å². The second-order valence-corrected chi connectivity index (χ2v) is 3.07. The standard InChI is InChI=1S/C7H4BrN3O/c8-6-1-4-5(2-9-6)10-3-11-7(4)12/h1-3H,(H,10,11,12). The van der Waals surface area contributed by atoms with Crippen LogP contribution in [0.25, 0.3) is 10.9 Å². The Morgan fingerprint density at radius 1 is 1.42 bits per heavy atom. The normalized spacial score (nSPS) is 10.4. The molecule has 5 heteroatoms. The highest BCUT2D eigenvalue weighted by molar-refractivity contribution is 9.10. The van der Waals surface area contributed by atoms with Gasteiger partial charge in [0.2, 0.25) is 0 Å². The average Bonchev–Trinajstić information content (AvgIpc) is 2.07. The summed E-state index contributed by atoms with van der Waals surface area (Å²) in [5.74, 6) is 0. The van der Waals surface area contributed by atoms with Crippen LogP contribution in [0.3, 0.4) is 0 Å². The highest BCUT2D eigenvalue weighted by atomic mass is 79.9. The first-order chi connectivity index (χ1) is 5.77. The van der Waals surface area contributed by atoms with Crippen molar-refractivity contribution in [2.45, 2.75) is 0 Å². The molecule has 0 radical (unpaired) electrons. The van der Waals surface area contributed by atoms with Gasteiger partial charge in [-0.3, -0.25) is 4.79 Å². The quantitative estimate of drug-likeness (QED) is 0.683. The molecule has 12 heavy (non-hydrogen) atoms. The Morgan fingerprint density at radius 3 is 3.08 bits per heavy atom. The average molecular weight is 226 g/mol. The highest BCUT2D eigenvalue weighted by Gasteiger charge is 1.99. The van der Waals surface area contributed by atoms with Gasteiger partial charge in [-0.15, -0.1) is 0 Å². The van der Waals surface area contributed by atoms with Crippen molar-refractivity contribution in [3.63, 3.8) is 0 Å². The molecule has 1 N–H and O–H groups in total. The summed E-state index contributed by atoms with van der Waals surface area (Å²) in [6.45, 7) is 0. The molecule has 0 aliphatic carbocycles. The summed E-state index contributed by atoms with van der Waals surface area (Å²) in [5.41, 5.74) is 0.449. The van der Waals surface area contributed by atoms with E-state index in [-0.39, 0.29) is 5.56 Å². The molecule has 2 heterocycles. The number of halogens is 1. The number of rotatable bonds is 0. The summed E-state index contributed by atoms with van der Waals surface area (Å²) in [5, 5.41) is 0.541. The second kappa shape index (κ2) is 2.67. The predicted molar refractivity (Wildman–Crippen MR) is 47.9 cm³/mol. The molecule has 0 aliphatic heterocycles. The summed E-state index contributed by atoms with van der Waals surface area (Å²) < 4.78 is 0.633. The number of hydrogen-bond acceptors (Lipinski definition) is 3. The Hall–Kier alpha value is -1.23. The van der Waals surface area contributed by atoms with Crippen molar-refractivity contribution in [2.75, 3.05) is 0 Å². The topological polar surface area (TPSA) is 58.6 Å². The van der Waals surface area contributed by atoms with E-state index in [1.807, 2.05) is 0 Å². The molecule has 0 aromatic carbocycles. The Labute approximate surface area is 75.8 Å². The van der Waals surface area contributed by atoms with Gasteiger partial charge in [0.15, 0.2) is 0 Å². The fourth-order valence-electron chi connectivity index (χ4n) is 0.946. The first-order valence-corrected chi connectivity index (χ1v) is 4.05. The van der Waals surface area contributed by atoms with Crippen molar-refractivity contribution in [3.05, 3.63) is 33.5 Å². The van der Waals surface area contributed by atoms with Crippen LogP contribution in [0, 0.1) is 0 Å². The maximum Gasteiger partial charge on any atom is 0.258 e. The maximum absolute atomic E-state index is 11.2. The summed E-state index contributed by atoms with van der Waals surface area (Å²) in [7, 11) is 0. The molecule has 0 atom stereocenters. The fraction of sp³-hybridized carbons (Fsp3) is 0. The molecule has 2 aromatic heterocycles. The van der Waals surface area contributed by atoms with Gasteiger partial charge in [0.1, 0.15) is 4.60 Å². The van der Waals surface area contributed by atoms with Crippen LogP contribution in [0.15, 0.2) is 28.0 Å². The van der Waals surface area contributed by atoms with Gasteiger partial charge in [-0.05, 0) is 22.0 Å². The number of nitrogens with one attached hydrogen (secondary N) is 1. The zero-order valence-corrected chi connectivity index (χ0v) is 7.50. The summed E-state index contributed by atoms with van der Waals surface area (Å²) in [6.07, 6.45) is 2.91. The second-order valence-electron chi connectivity index (χ2n) is 2.26. The van der Waals surface area contributed by atoms with Gasteiger partial charge in [0.25, 0.3) is 5.56 Å². The number of aromatic amines is 1. The van der Waals surface area contributed by atoms with E-state index in [1.54, 1.807) is 12.3 Å². The first kappa shape index (κ1) is 7.42. The van der Waals surface area contributed by atoms with Crippen LogP contribution in [0.5, 0.6) is 0 Å². The third-order valence-electron chi connectivity index (χ3n) is 1.49. The van der Waals surface area contributed by atoms with E-state index in [0.717, 1.165) is 0 Å². The van der Waals surface area contributed by atoms with E-state index >= 15 is 0 Å². The van der Waals surface area contributed by atoms with Crippen molar-refractivity contribution in [1.29, 1.82) is 0 Å². The maximum atomic E-state index is 11.2. The van der Waals surface area contributed by atoms with E-state index in [2.05, 4.69) is 30.9 Å². The van der Waals surface area contributed by atoms with Gasteiger partial charge < -0.3 is 4.98 Å².